The lowest BCUT2D eigenvalue weighted by Crippen LogP contribution is -2.45. The summed E-state index contributed by atoms with van der Waals surface area (Å²) in [7, 11) is 1.25. The summed E-state index contributed by atoms with van der Waals surface area (Å²) in [5.41, 5.74) is 2.10. The molecule has 0 fully saturated rings. The summed E-state index contributed by atoms with van der Waals surface area (Å²) in [6, 6.07) is 15.4. The highest BCUT2D eigenvalue weighted by molar-refractivity contribution is 5.97. The lowest BCUT2D eigenvalue weighted by atomic mass is 10.1. The third-order valence-electron chi connectivity index (χ3n) is 4.02. The molecular formula is C21H25N3O4. The smallest absolute Gasteiger partial charge is 0.407 e. The van der Waals surface area contributed by atoms with E-state index in [1.54, 1.807) is 24.3 Å². The van der Waals surface area contributed by atoms with Gasteiger partial charge in [0, 0.05) is 23.7 Å². The fraction of sp³-hybridized carbons (Fsp3) is 0.286. The maximum atomic E-state index is 12.7. The number of carbonyl (C=O) groups excluding carboxylic acids is 3. The van der Waals surface area contributed by atoms with Crippen molar-refractivity contribution in [1.29, 1.82) is 0 Å². The van der Waals surface area contributed by atoms with Crippen molar-refractivity contribution in [3.8, 4) is 0 Å². The van der Waals surface area contributed by atoms with E-state index in [0.717, 1.165) is 5.56 Å². The third-order valence-corrected chi connectivity index (χ3v) is 4.02. The highest BCUT2D eigenvalue weighted by atomic mass is 16.5. The van der Waals surface area contributed by atoms with Crippen LogP contribution in [0.5, 0.6) is 0 Å². The van der Waals surface area contributed by atoms with E-state index in [4.69, 9.17) is 0 Å². The Kier molecular flexibility index (Phi) is 7.56. The standard InChI is InChI=1S/C21H25N3O4/c1-14(2)19(25)22-16-9-11-17(12-10-16)23-20(26)18(24-21(27)28-3)13-15-7-5-4-6-8-15/h4-12,14,18H,13H2,1-3H3,(H,22,25)(H,23,26)(H,24,27). The zero-order valence-electron chi connectivity index (χ0n) is 16.2. The number of rotatable bonds is 7. The van der Waals surface area contributed by atoms with Gasteiger partial charge in [0.05, 0.1) is 7.11 Å². The van der Waals surface area contributed by atoms with E-state index in [9.17, 15) is 14.4 Å². The number of ether oxygens (including phenoxy) is 1. The van der Waals surface area contributed by atoms with Crippen LogP contribution in [0, 0.1) is 5.92 Å². The summed E-state index contributed by atoms with van der Waals surface area (Å²) >= 11 is 0. The number of alkyl carbamates (subject to hydrolysis) is 1. The van der Waals surface area contributed by atoms with Crippen molar-refractivity contribution in [3.05, 3.63) is 60.2 Å². The molecule has 0 aliphatic heterocycles. The minimum atomic E-state index is -0.796. The van der Waals surface area contributed by atoms with E-state index in [1.165, 1.54) is 7.11 Å². The molecule has 2 rings (SSSR count). The third kappa shape index (κ3) is 6.42. The van der Waals surface area contributed by atoms with Crippen LogP contribution < -0.4 is 16.0 Å². The number of amides is 3. The van der Waals surface area contributed by atoms with E-state index >= 15 is 0 Å². The van der Waals surface area contributed by atoms with E-state index < -0.39 is 12.1 Å². The molecule has 0 bridgehead atoms. The van der Waals surface area contributed by atoms with Crippen molar-refractivity contribution in [2.75, 3.05) is 17.7 Å². The molecular weight excluding hydrogens is 358 g/mol. The Bertz CT molecular complexity index is 804. The Labute approximate surface area is 164 Å². The van der Waals surface area contributed by atoms with Crippen molar-refractivity contribution in [2.45, 2.75) is 26.3 Å². The van der Waals surface area contributed by atoms with Crippen LogP contribution in [0.2, 0.25) is 0 Å². The molecule has 2 aromatic rings. The number of nitrogens with one attached hydrogen (secondary N) is 3. The Balaban J connectivity index is 2.05. The highest BCUT2D eigenvalue weighted by Gasteiger charge is 2.22. The van der Waals surface area contributed by atoms with Gasteiger partial charge in [0.25, 0.3) is 0 Å². The number of methoxy groups -OCH3 is 1. The number of benzene rings is 2. The van der Waals surface area contributed by atoms with Crippen LogP contribution in [-0.2, 0) is 20.7 Å². The van der Waals surface area contributed by atoms with Gasteiger partial charge in [-0.3, -0.25) is 9.59 Å². The molecule has 1 unspecified atom stereocenters. The Hall–Kier alpha value is -3.35. The predicted molar refractivity (Wildman–Crippen MR) is 108 cm³/mol. The van der Waals surface area contributed by atoms with Gasteiger partial charge in [0.2, 0.25) is 11.8 Å². The molecule has 3 N–H and O–H groups in total. The molecule has 148 valence electrons. The molecule has 0 aliphatic rings. The van der Waals surface area contributed by atoms with E-state index in [0.29, 0.717) is 17.8 Å². The Morgan fingerprint density at radius 3 is 1.89 bits per heavy atom. The monoisotopic (exact) mass is 383 g/mol. The van der Waals surface area contributed by atoms with E-state index in [-0.39, 0.29) is 17.7 Å². The molecule has 1 atom stereocenters. The summed E-state index contributed by atoms with van der Waals surface area (Å²) in [5.74, 6) is -0.572. The minimum absolute atomic E-state index is 0.0815. The number of carbonyl (C=O) groups is 3. The van der Waals surface area contributed by atoms with Gasteiger partial charge >= 0.3 is 6.09 Å². The summed E-state index contributed by atoms with van der Waals surface area (Å²) < 4.78 is 4.62. The first-order valence-corrected chi connectivity index (χ1v) is 8.99. The molecule has 0 saturated heterocycles. The largest absolute Gasteiger partial charge is 0.453 e. The van der Waals surface area contributed by atoms with Gasteiger partial charge in [-0.25, -0.2) is 4.79 Å². The second kappa shape index (κ2) is 10.1. The second-order valence-electron chi connectivity index (χ2n) is 6.59. The van der Waals surface area contributed by atoms with Crippen LogP contribution in [0.3, 0.4) is 0 Å². The Morgan fingerprint density at radius 1 is 0.857 bits per heavy atom. The molecule has 0 aromatic heterocycles. The van der Waals surface area contributed by atoms with Crippen LogP contribution in [0.4, 0.5) is 16.2 Å². The summed E-state index contributed by atoms with van der Waals surface area (Å²) in [6.45, 7) is 3.62. The molecule has 3 amide bonds. The molecule has 7 nitrogen and oxygen atoms in total. The number of hydrogen-bond donors (Lipinski definition) is 3. The fourth-order valence-electron chi connectivity index (χ4n) is 2.41. The SMILES string of the molecule is COC(=O)NC(Cc1ccccc1)C(=O)Nc1ccc(NC(=O)C(C)C)cc1. The van der Waals surface area contributed by atoms with Gasteiger partial charge in [-0.15, -0.1) is 0 Å². The molecule has 0 saturated carbocycles. The van der Waals surface area contributed by atoms with E-state index in [2.05, 4.69) is 20.7 Å². The topological polar surface area (TPSA) is 96.5 Å². The molecule has 0 heterocycles. The average Bonchev–Trinajstić information content (AvgIpc) is 2.69. The summed E-state index contributed by atoms with van der Waals surface area (Å²) in [4.78, 5) is 36.0. The summed E-state index contributed by atoms with van der Waals surface area (Å²) in [5, 5.41) is 8.11. The maximum absolute atomic E-state index is 12.7. The molecule has 0 spiro atoms. The van der Waals surface area contributed by atoms with Crippen molar-refractivity contribution in [3.63, 3.8) is 0 Å². The van der Waals surface area contributed by atoms with Crippen molar-refractivity contribution < 1.29 is 19.1 Å². The van der Waals surface area contributed by atoms with Crippen LogP contribution in [0.1, 0.15) is 19.4 Å². The van der Waals surface area contributed by atoms with Crippen molar-refractivity contribution in [1.82, 2.24) is 5.32 Å². The fourth-order valence-corrected chi connectivity index (χ4v) is 2.41. The lowest BCUT2D eigenvalue weighted by Gasteiger charge is -2.18. The first-order valence-electron chi connectivity index (χ1n) is 8.99. The van der Waals surface area contributed by atoms with Crippen LogP contribution >= 0.6 is 0 Å². The van der Waals surface area contributed by atoms with Gasteiger partial charge in [0.1, 0.15) is 6.04 Å². The first kappa shape index (κ1) is 21.0. The second-order valence-corrected chi connectivity index (χ2v) is 6.59. The first-order chi connectivity index (χ1) is 13.4. The van der Waals surface area contributed by atoms with Crippen molar-refractivity contribution in [2.24, 2.45) is 5.92 Å². The molecule has 2 aromatic carbocycles. The number of anilines is 2. The Morgan fingerprint density at radius 2 is 1.39 bits per heavy atom. The van der Waals surface area contributed by atoms with Gasteiger partial charge in [-0.1, -0.05) is 44.2 Å². The average molecular weight is 383 g/mol. The van der Waals surface area contributed by atoms with Crippen LogP contribution in [0.15, 0.2) is 54.6 Å². The molecule has 0 aliphatic carbocycles. The van der Waals surface area contributed by atoms with E-state index in [1.807, 2.05) is 44.2 Å². The number of hydrogen-bond acceptors (Lipinski definition) is 4. The molecule has 0 radical (unpaired) electrons. The van der Waals surface area contributed by atoms with Gasteiger partial charge in [0.15, 0.2) is 0 Å². The van der Waals surface area contributed by atoms with Gasteiger partial charge < -0.3 is 20.7 Å². The maximum Gasteiger partial charge on any atom is 0.407 e. The highest BCUT2D eigenvalue weighted by Crippen LogP contribution is 2.15. The molecule has 28 heavy (non-hydrogen) atoms. The zero-order chi connectivity index (χ0) is 20.5. The normalized spacial score (nSPS) is 11.4. The predicted octanol–water partition coefficient (Wildman–Crippen LogP) is 3.19. The van der Waals surface area contributed by atoms with Gasteiger partial charge in [-0.05, 0) is 29.8 Å². The quantitative estimate of drug-likeness (QED) is 0.684. The lowest BCUT2D eigenvalue weighted by molar-refractivity contribution is -0.119. The van der Waals surface area contributed by atoms with Gasteiger partial charge in [-0.2, -0.15) is 0 Å². The zero-order valence-corrected chi connectivity index (χ0v) is 16.2. The van der Waals surface area contributed by atoms with Crippen LogP contribution in [0.25, 0.3) is 0 Å². The minimum Gasteiger partial charge on any atom is -0.453 e. The van der Waals surface area contributed by atoms with Crippen molar-refractivity contribution >= 4 is 29.3 Å². The van der Waals surface area contributed by atoms with Crippen LogP contribution in [-0.4, -0.2) is 31.1 Å². The summed E-state index contributed by atoms with van der Waals surface area (Å²) in [6.07, 6.45) is -0.354. The molecule has 7 heteroatoms.